The van der Waals surface area contributed by atoms with Crippen molar-refractivity contribution in [2.24, 2.45) is 0 Å². The fourth-order valence-electron chi connectivity index (χ4n) is 2.19. The smallest absolute Gasteiger partial charge is 0.242 e. The quantitative estimate of drug-likeness (QED) is 0.797. The molecule has 1 aliphatic heterocycles. The number of hydrogen-bond acceptors (Lipinski definition) is 4. The lowest BCUT2D eigenvalue weighted by Crippen LogP contribution is -2.31. The first-order valence-corrected chi connectivity index (χ1v) is 7.96. The predicted octanol–water partition coefficient (Wildman–Crippen LogP) is 0.458. The van der Waals surface area contributed by atoms with Crippen molar-refractivity contribution in [3.8, 4) is 0 Å². The van der Waals surface area contributed by atoms with Gasteiger partial charge >= 0.3 is 0 Å². The topological polar surface area (TPSA) is 80.6 Å². The van der Waals surface area contributed by atoms with Gasteiger partial charge in [0, 0.05) is 31.6 Å². The summed E-state index contributed by atoms with van der Waals surface area (Å²) in [4.78, 5) is 0.191. The van der Waals surface area contributed by atoms with Crippen LogP contribution in [0.15, 0.2) is 17.2 Å². The maximum absolute atomic E-state index is 12.1. The molecular formula is C12H20N2O4S. The number of sulfonamides is 1. The molecule has 6 nitrogen and oxygen atoms in total. The zero-order chi connectivity index (χ0) is 13.9. The lowest BCUT2D eigenvalue weighted by atomic mass is 10.2. The highest BCUT2D eigenvalue weighted by molar-refractivity contribution is 7.89. The molecule has 2 heterocycles. The number of rotatable bonds is 6. The summed E-state index contributed by atoms with van der Waals surface area (Å²) < 4.78 is 33.9. The highest BCUT2D eigenvalue weighted by Gasteiger charge is 2.21. The Bertz CT molecular complexity index is 496. The lowest BCUT2D eigenvalue weighted by Gasteiger charge is -2.10. The standard InChI is InChI=1S/C12H20N2O4S/c1-2-14-8-12(6-10(14)9-15)19(16,17)13-7-11-4-3-5-18-11/h6,8,11,13,15H,2-5,7,9H2,1H3. The summed E-state index contributed by atoms with van der Waals surface area (Å²) in [6.07, 6.45) is 3.39. The molecule has 0 bridgehead atoms. The van der Waals surface area contributed by atoms with Crippen LogP contribution in [0.2, 0.25) is 0 Å². The van der Waals surface area contributed by atoms with E-state index in [0.717, 1.165) is 12.8 Å². The molecule has 1 atom stereocenters. The first-order valence-electron chi connectivity index (χ1n) is 6.48. The van der Waals surface area contributed by atoms with Gasteiger partial charge in [0.15, 0.2) is 0 Å². The summed E-state index contributed by atoms with van der Waals surface area (Å²) in [5, 5.41) is 9.18. The van der Waals surface area contributed by atoms with Crippen molar-refractivity contribution in [1.29, 1.82) is 0 Å². The molecule has 0 aromatic carbocycles. The third-order valence-corrected chi connectivity index (χ3v) is 4.69. The Labute approximate surface area is 113 Å². The summed E-state index contributed by atoms with van der Waals surface area (Å²) >= 11 is 0. The Morgan fingerprint density at radius 1 is 1.58 bits per heavy atom. The van der Waals surface area contributed by atoms with Crippen molar-refractivity contribution in [3.63, 3.8) is 0 Å². The van der Waals surface area contributed by atoms with Crippen molar-refractivity contribution in [3.05, 3.63) is 18.0 Å². The SMILES string of the molecule is CCn1cc(S(=O)(=O)NCC2CCCO2)cc1CO. The predicted molar refractivity (Wildman–Crippen MR) is 70.2 cm³/mol. The molecule has 108 valence electrons. The molecule has 2 rings (SSSR count). The van der Waals surface area contributed by atoms with Gasteiger partial charge in [-0.3, -0.25) is 0 Å². The third kappa shape index (κ3) is 3.36. The van der Waals surface area contributed by atoms with E-state index in [1.54, 1.807) is 10.8 Å². The molecule has 0 radical (unpaired) electrons. The van der Waals surface area contributed by atoms with Crippen LogP contribution in [0, 0.1) is 0 Å². The number of aryl methyl sites for hydroxylation is 1. The monoisotopic (exact) mass is 288 g/mol. The van der Waals surface area contributed by atoms with Crippen LogP contribution in [0.4, 0.5) is 0 Å². The molecule has 0 aliphatic carbocycles. The van der Waals surface area contributed by atoms with Crippen LogP contribution in [0.5, 0.6) is 0 Å². The van der Waals surface area contributed by atoms with Crippen LogP contribution in [0.25, 0.3) is 0 Å². The zero-order valence-electron chi connectivity index (χ0n) is 11.0. The van der Waals surface area contributed by atoms with Crippen molar-refractivity contribution in [2.45, 2.75) is 43.9 Å². The van der Waals surface area contributed by atoms with Crippen molar-refractivity contribution in [2.75, 3.05) is 13.2 Å². The normalized spacial score (nSPS) is 20.0. The van der Waals surface area contributed by atoms with Gasteiger partial charge in [0.05, 0.1) is 17.6 Å². The number of aliphatic hydroxyl groups excluding tert-OH is 1. The molecule has 1 aromatic rings. The first kappa shape index (κ1) is 14.5. The summed E-state index contributed by atoms with van der Waals surface area (Å²) in [5.74, 6) is 0. The Kier molecular flexibility index (Phi) is 4.62. The number of aliphatic hydroxyl groups is 1. The van der Waals surface area contributed by atoms with Gasteiger partial charge in [-0.2, -0.15) is 0 Å². The van der Waals surface area contributed by atoms with Crippen LogP contribution in [0.1, 0.15) is 25.5 Å². The van der Waals surface area contributed by atoms with Gasteiger partial charge in [-0.15, -0.1) is 0 Å². The van der Waals surface area contributed by atoms with Crippen molar-refractivity contribution >= 4 is 10.0 Å². The van der Waals surface area contributed by atoms with E-state index >= 15 is 0 Å². The maximum atomic E-state index is 12.1. The molecule has 2 N–H and O–H groups in total. The van der Waals surface area contributed by atoms with Crippen molar-refractivity contribution < 1.29 is 18.3 Å². The van der Waals surface area contributed by atoms with Gasteiger partial charge in [0.25, 0.3) is 0 Å². The summed E-state index contributed by atoms with van der Waals surface area (Å²) in [5.41, 5.74) is 0.597. The van der Waals surface area contributed by atoms with E-state index in [9.17, 15) is 13.5 Å². The van der Waals surface area contributed by atoms with E-state index in [2.05, 4.69) is 4.72 Å². The van der Waals surface area contributed by atoms with Gasteiger partial charge < -0.3 is 14.4 Å². The van der Waals surface area contributed by atoms with Crippen LogP contribution >= 0.6 is 0 Å². The Balaban J connectivity index is 2.07. The van der Waals surface area contributed by atoms with E-state index in [1.165, 1.54) is 6.07 Å². The summed E-state index contributed by atoms with van der Waals surface area (Å²) in [6.45, 7) is 3.35. The van der Waals surface area contributed by atoms with Gasteiger partial charge in [-0.05, 0) is 25.8 Å². The zero-order valence-corrected chi connectivity index (χ0v) is 11.8. The summed E-state index contributed by atoms with van der Waals surface area (Å²) in [6, 6.07) is 1.50. The largest absolute Gasteiger partial charge is 0.390 e. The average Bonchev–Trinajstić information content (AvgIpc) is 3.05. The number of aromatic nitrogens is 1. The van der Waals surface area contributed by atoms with E-state index in [1.807, 2.05) is 6.92 Å². The molecule has 0 spiro atoms. The molecule has 1 unspecified atom stereocenters. The number of nitrogens with zero attached hydrogens (tertiary/aromatic N) is 1. The minimum atomic E-state index is -3.53. The highest BCUT2D eigenvalue weighted by atomic mass is 32.2. The minimum Gasteiger partial charge on any atom is -0.390 e. The third-order valence-electron chi connectivity index (χ3n) is 3.30. The lowest BCUT2D eigenvalue weighted by molar-refractivity contribution is 0.114. The first-order chi connectivity index (χ1) is 9.06. The fourth-order valence-corrected chi connectivity index (χ4v) is 3.32. The van der Waals surface area contributed by atoms with Gasteiger partial charge in [0.1, 0.15) is 0 Å². The van der Waals surface area contributed by atoms with E-state index < -0.39 is 10.0 Å². The number of hydrogen-bond donors (Lipinski definition) is 2. The average molecular weight is 288 g/mol. The molecule has 1 saturated heterocycles. The van der Waals surface area contributed by atoms with Crippen LogP contribution in [-0.4, -0.2) is 37.3 Å². The van der Waals surface area contributed by atoms with E-state index in [-0.39, 0.29) is 17.6 Å². The molecule has 0 amide bonds. The Morgan fingerprint density at radius 2 is 2.37 bits per heavy atom. The van der Waals surface area contributed by atoms with Gasteiger partial charge in [-0.25, -0.2) is 13.1 Å². The molecular weight excluding hydrogens is 268 g/mol. The van der Waals surface area contributed by atoms with E-state index in [4.69, 9.17) is 4.74 Å². The van der Waals surface area contributed by atoms with Gasteiger partial charge in [-0.1, -0.05) is 0 Å². The second kappa shape index (κ2) is 6.04. The fraction of sp³-hybridized carbons (Fsp3) is 0.667. The van der Waals surface area contributed by atoms with Crippen LogP contribution in [0.3, 0.4) is 0 Å². The molecule has 1 aromatic heterocycles. The minimum absolute atomic E-state index is 0.0275. The summed E-state index contributed by atoms with van der Waals surface area (Å²) in [7, 11) is -3.53. The number of ether oxygens (including phenoxy) is 1. The molecule has 0 saturated carbocycles. The Hall–Kier alpha value is -0.890. The van der Waals surface area contributed by atoms with E-state index in [0.29, 0.717) is 25.4 Å². The number of nitrogens with one attached hydrogen (secondary N) is 1. The van der Waals surface area contributed by atoms with Crippen molar-refractivity contribution in [1.82, 2.24) is 9.29 Å². The maximum Gasteiger partial charge on any atom is 0.242 e. The highest BCUT2D eigenvalue weighted by Crippen LogP contribution is 2.16. The van der Waals surface area contributed by atoms with Crippen LogP contribution < -0.4 is 4.72 Å². The molecule has 1 aliphatic rings. The molecule has 1 fully saturated rings. The second-order valence-electron chi connectivity index (χ2n) is 4.60. The molecule has 19 heavy (non-hydrogen) atoms. The van der Waals surface area contributed by atoms with Gasteiger partial charge in [0.2, 0.25) is 10.0 Å². The Morgan fingerprint density at radius 3 is 2.89 bits per heavy atom. The second-order valence-corrected chi connectivity index (χ2v) is 6.37. The van der Waals surface area contributed by atoms with Crippen LogP contribution in [-0.2, 0) is 27.9 Å². The molecule has 7 heteroatoms.